The van der Waals surface area contributed by atoms with E-state index in [-0.39, 0.29) is 11.5 Å². The van der Waals surface area contributed by atoms with Gasteiger partial charge in [-0.15, -0.1) is 0 Å². The van der Waals surface area contributed by atoms with Crippen LogP contribution in [0.15, 0.2) is 66.9 Å². The number of carbonyl (C=O) groups is 1. The van der Waals surface area contributed by atoms with E-state index in [4.69, 9.17) is 18.9 Å². The largest absolute Gasteiger partial charge is 0.493 e. The van der Waals surface area contributed by atoms with Crippen LogP contribution < -0.4 is 24.3 Å². The van der Waals surface area contributed by atoms with E-state index >= 15 is 0 Å². The van der Waals surface area contributed by atoms with E-state index in [0.29, 0.717) is 34.1 Å². The van der Waals surface area contributed by atoms with E-state index in [1.165, 1.54) is 46.8 Å². The summed E-state index contributed by atoms with van der Waals surface area (Å²) in [5.41, 5.74) is 2.29. The fourth-order valence-electron chi connectivity index (χ4n) is 3.32. The van der Waals surface area contributed by atoms with Crippen molar-refractivity contribution in [3.8, 4) is 23.0 Å². The summed E-state index contributed by atoms with van der Waals surface area (Å²) in [5, 5.41) is 2.94. The Bertz CT molecular complexity index is 1180. The molecule has 6 nitrogen and oxygen atoms in total. The van der Waals surface area contributed by atoms with Gasteiger partial charge in [-0.3, -0.25) is 4.79 Å². The molecule has 0 spiro atoms. The van der Waals surface area contributed by atoms with E-state index in [1.807, 2.05) is 6.07 Å². The molecule has 176 valence electrons. The first kappa shape index (κ1) is 24.4. The van der Waals surface area contributed by atoms with Crippen LogP contribution in [0.5, 0.6) is 23.0 Å². The summed E-state index contributed by atoms with van der Waals surface area (Å²) in [7, 11) is 6.00. The number of rotatable bonds is 10. The van der Waals surface area contributed by atoms with Gasteiger partial charge in [0.05, 0.1) is 34.1 Å². The van der Waals surface area contributed by atoms with Crippen LogP contribution in [0.1, 0.15) is 21.5 Å². The van der Waals surface area contributed by atoms with Crippen LogP contribution in [-0.2, 0) is 0 Å². The highest BCUT2D eigenvalue weighted by Gasteiger charge is 2.13. The van der Waals surface area contributed by atoms with Crippen molar-refractivity contribution in [1.29, 1.82) is 0 Å². The lowest BCUT2D eigenvalue weighted by Crippen LogP contribution is -1.99. The van der Waals surface area contributed by atoms with Crippen molar-refractivity contribution in [2.75, 3.05) is 33.8 Å². The number of anilines is 1. The average Bonchev–Trinajstić information content (AvgIpc) is 2.87. The predicted octanol–water partition coefficient (Wildman–Crippen LogP) is 5.84. The molecule has 34 heavy (non-hydrogen) atoms. The number of ketones is 1. The highest BCUT2D eigenvalue weighted by molar-refractivity contribution is 6.04. The minimum atomic E-state index is -0.542. The van der Waals surface area contributed by atoms with Gasteiger partial charge in [-0.25, -0.2) is 4.39 Å². The molecule has 0 radical (unpaired) electrons. The molecule has 0 aliphatic heterocycles. The number of hydrogen-bond acceptors (Lipinski definition) is 6. The van der Waals surface area contributed by atoms with Gasteiger partial charge in [-0.2, -0.15) is 0 Å². The van der Waals surface area contributed by atoms with E-state index < -0.39 is 5.82 Å². The highest BCUT2D eigenvalue weighted by Crippen LogP contribution is 2.39. The van der Waals surface area contributed by atoms with Crippen LogP contribution in [0.2, 0.25) is 0 Å². The molecule has 0 aliphatic carbocycles. The minimum absolute atomic E-state index is 0.0433. The van der Waals surface area contributed by atoms with Crippen molar-refractivity contribution in [3.05, 3.63) is 89.4 Å². The molecule has 3 aromatic rings. The van der Waals surface area contributed by atoms with Gasteiger partial charge in [0, 0.05) is 17.8 Å². The maximum Gasteiger partial charge on any atom is 0.203 e. The number of allylic oxidation sites excluding steroid dienone is 1. The second-order valence-electron chi connectivity index (χ2n) is 7.08. The van der Waals surface area contributed by atoms with E-state index in [1.54, 1.807) is 54.6 Å². The van der Waals surface area contributed by atoms with Gasteiger partial charge in [0.1, 0.15) is 0 Å². The summed E-state index contributed by atoms with van der Waals surface area (Å²) in [6.07, 6.45) is 6.38. The Morgan fingerprint density at radius 2 is 1.38 bits per heavy atom. The molecule has 3 aromatic carbocycles. The van der Waals surface area contributed by atoms with Crippen molar-refractivity contribution >= 4 is 23.6 Å². The molecule has 0 aromatic heterocycles. The fraction of sp³-hybridized carbons (Fsp3) is 0.148. The lowest BCUT2D eigenvalue weighted by Gasteiger charge is -2.13. The normalized spacial score (nSPS) is 11.0. The van der Waals surface area contributed by atoms with Crippen molar-refractivity contribution in [3.63, 3.8) is 0 Å². The lowest BCUT2D eigenvalue weighted by molar-refractivity contribution is 0.104. The Morgan fingerprint density at radius 1 is 0.794 bits per heavy atom. The van der Waals surface area contributed by atoms with Crippen LogP contribution in [0.4, 0.5) is 10.1 Å². The number of benzene rings is 3. The molecule has 0 unspecified atom stereocenters. The zero-order chi connectivity index (χ0) is 24.5. The van der Waals surface area contributed by atoms with Gasteiger partial charge in [-0.1, -0.05) is 42.5 Å². The maximum absolute atomic E-state index is 14.7. The van der Waals surface area contributed by atoms with E-state index in [9.17, 15) is 9.18 Å². The van der Waals surface area contributed by atoms with Crippen molar-refractivity contribution in [2.24, 2.45) is 0 Å². The number of methoxy groups -OCH3 is 4. The standard InChI is InChI=1S/C27H26FNO5/c1-31-24-16-19(17-25(32-2)27(24)34-4)11-10-18-14-21(28)26(33-3)22(15-18)29-13-12-23(30)20-8-6-5-7-9-20/h5-17,29H,1-4H3/b11-10-,13-12-. The third-order valence-electron chi connectivity index (χ3n) is 4.96. The monoisotopic (exact) mass is 463 g/mol. The SMILES string of the molecule is COc1cc(/C=C\c2cc(F)c(OC)c(N/C=C\C(=O)c3ccccc3)c2)cc(OC)c1OC. The number of hydrogen-bond donors (Lipinski definition) is 1. The summed E-state index contributed by atoms with van der Waals surface area (Å²) < 4.78 is 36.0. The third-order valence-corrected chi connectivity index (χ3v) is 4.96. The Kier molecular flexibility index (Phi) is 8.29. The summed E-state index contributed by atoms with van der Waals surface area (Å²) in [6, 6.07) is 15.5. The minimum Gasteiger partial charge on any atom is -0.493 e. The van der Waals surface area contributed by atoms with Crippen LogP contribution in [0.25, 0.3) is 12.2 Å². The van der Waals surface area contributed by atoms with Gasteiger partial charge >= 0.3 is 0 Å². The molecule has 3 rings (SSSR count). The topological polar surface area (TPSA) is 66.0 Å². The Hall–Kier alpha value is -4.26. The van der Waals surface area contributed by atoms with Gasteiger partial charge < -0.3 is 24.3 Å². The number of carbonyl (C=O) groups excluding carboxylic acids is 1. The van der Waals surface area contributed by atoms with Gasteiger partial charge in [0.25, 0.3) is 0 Å². The molecular weight excluding hydrogens is 437 g/mol. The molecular formula is C27H26FNO5. The first-order valence-electron chi connectivity index (χ1n) is 10.4. The Morgan fingerprint density at radius 3 is 1.94 bits per heavy atom. The Balaban J connectivity index is 1.86. The highest BCUT2D eigenvalue weighted by atomic mass is 19.1. The fourth-order valence-corrected chi connectivity index (χ4v) is 3.32. The second-order valence-corrected chi connectivity index (χ2v) is 7.08. The summed E-state index contributed by atoms with van der Waals surface area (Å²) in [6.45, 7) is 0. The Labute approximate surface area is 198 Å². The first-order chi connectivity index (χ1) is 16.5. The second kappa shape index (κ2) is 11.6. The van der Waals surface area contributed by atoms with Gasteiger partial charge in [-0.05, 0) is 35.4 Å². The van der Waals surface area contributed by atoms with Crippen molar-refractivity contribution in [2.45, 2.75) is 0 Å². The molecule has 1 N–H and O–H groups in total. The van der Waals surface area contributed by atoms with Crippen LogP contribution >= 0.6 is 0 Å². The average molecular weight is 464 g/mol. The van der Waals surface area contributed by atoms with Crippen LogP contribution in [0.3, 0.4) is 0 Å². The zero-order valence-corrected chi connectivity index (χ0v) is 19.4. The van der Waals surface area contributed by atoms with Gasteiger partial charge in [0.15, 0.2) is 28.8 Å². The van der Waals surface area contributed by atoms with Crippen LogP contribution in [0, 0.1) is 5.82 Å². The van der Waals surface area contributed by atoms with Crippen molar-refractivity contribution < 1.29 is 28.1 Å². The molecule has 0 fully saturated rings. The smallest absolute Gasteiger partial charge is 0.203 e. The summed E-state index contributed by atoms with van der Waals surface area (Å²) in [5.74, 6) is 0.838. The molecule has 0 aliphatic rings. The lowest BCUT2D eigenvalue weighted by atomic mass is 10.1. The molecule has 7 heteroatoms. The third kappa shape index (κ3) is 5.75. The number of nitrogens with one attached hydrogen (secondary N) is 1. The molecule has 0 saturated heterocycles. The van der Waals surface area contributed by atoms with Crippen molar-refractivity contribution in [1.82, 2.24) is 0 Å². The number of ether oxygens (including phenoxy) is 4. The van der Waals surface area contributed by atoms with Gasteiger partial charge in [0.2, 0.25) is 5.75 Å². The first-order valence-corrected chi connectivity index (χ1v) is 10.4. The quantitative estimate of drug-likeness (QED) is 0.232. The summed E-state index contributed by atoms with van der Waals surface area (Å²) >= 11 is 0. The molecule has 0 atom stereocenters. The molecule has 0 saturated carbocycles. The van der Waals surface area contributed by atoms with Crippen LogP contribution in [-0.4, -0.2) is 34.2 Å². The molecule has 0 heterocycles. The number of halogens is 1. The van der Waals surface area contributed by atoms with E-state index in [0.717, 1.165) is 5.56 Å². The van der Waals surface area contributed by atoms with E-state index in [2.05, 4.69) is 5.32 Å². The summed E-state index contributed by atoms with van der Waals surface area (Å²) in [4.78, 5) is 12.3. The predicted molar refractivity (Wildman–Crippen MR) is 132 cm³/mol. The zero-order valence-electron chi connectivity index (χ0n) is 19.4. The maximum atomic E-state index is 14.7. The molecule has 0 bridgehead atoms. The molecule has 0 amide bonds.